The molecule has 7 rings (SSSR count). The zero-order valence-electron chi connectivity index (χ0n) is 32.2. The van der Waals surface area contributed by atoms with Crippen LogP contribution in [0.5, 0.6) is 23.0 Å². The molecule has 0 bridgehead atoms. The summed E-state index contributed by atoms with van der Waals surface area (Å²) >= 11 is 0. The number of ether oxygens (including phenoxy) is 2. The number of hydrogen-bond acceptors (Lipinski definition) is 6. The Bertz CT molecular complexity index is 2120. The van der Waals surface area contributed by atoms with Crippen molar-refractivity contribution >= 4 is 29.3 Å². The summed E-state index contributed by atoms with van der Waals surface area (Å²) in [5.74, 6) is 0.769. The maximum absolute atomic E-state index is 13.2. The molecule has 5 aromatic rings. The van der Waals surface area contributed by atoms with E-state index in [-0.39, 0.29) is 29.0 Å². The summed E-state index contributed by atoms with van der Waals surface area (Å²) in [4.78, 5) is 53.1. The summed E-state index contributed by atoms with van der Waals surface area (Å²) in [5.41, 5.74) is 4.66. The Hall–Kier alpha value is -6.02. The van der Waals surface area contributed by atoms with E-state index in [1.54, 1.807) is 42.5 Å². The van der Waals surface area contributed by atoms with Crippen molar-refractivity contribution in [3.8, 4) is 23.0 Å². The van der Waals surface area contributed by atoms with Crippen molar-refractivity contribution in [3.63, 3.8) is 0 Å². The number of amides is 4. The zero-order chi connectivity index (χ0) is 39.0. The van der Waals surface area contributed by atoms with Crippen molar-refractivity contribution < 1.29 is 28.7 Å². The number of imide groups is 2. The minimum atomic E-state index is -0.374. The van der Waals surface area contributed by atoms with Gasteiger partial charge in [0.05, 0.1) is 27.9 Å². The largest absolute Gasteiger partial charge is 0.457 e. The molecule has 8 heteroatoms. The van der Waals surface area contributed by atoms with Crippen LogP contribution in [0.4, 0.5) is 5.69 Å². The summed E-state index contributed by atoms with van der Waals surface area (Å²) in [6, 6.07) is 32.7. The quantitative estimate of drug-likeness (QED) is 0.156. The molecule has 0 aliphatic carbocycles. The molecule has 0 saturated carbocycles. The van der Waals surface area contributed by atoms with Crippen LogP contribution < -0.4 is 14.4 Å². The molecular formula is C45H48N2O6. The number of benzene rings is 5. The van der Waals surface area contributed by atoms with E-state index in [4.69, 9.17) is 9.47 Å². The molecule has 8 nitrogen and oxygen atoms in total. The van der Waals surface area contributed by atoms with Crippen molar-refractivity contribution in [2.24, 2.45) is 0 Å². The van der Waals surface area contributed by atoms with Crippen LogP contribution in [0.3, 0.4) is 0 Å². The molecule has 0 saturated heterocycles. The molecule has 0 radical (unpaired) electrons. The number of carbonyl (C=O) groups excluding carboxylic acids is 4. The van der Waals surface area contributed by atoms with Gasteiger partial charge in [0.1, 0.15) is 23.0 Å². The molecule has 0 spiro atoms. The molecule has 2 aliphatic heterocycles. The molecule has 0 N–H and O–H groups in total. The van der Waals surface area contributed by atoms with Gasteiger partial charge in [-0.1, -0.05) is 91.8 Å². The summed E-state index contributed by atoms with van der Waals surface area (Å²) in [7, 11) is 1.47. The molecular weight excluding hydrogens is 665 g/mol. The van der Waals surface area contributed by atoms with Crippen molar-refractivity contribution in [2.75, 3.05) is 11.9 Å². The molecule has 2 aliphatic rings. The topological polar surface area (TPSA) is 93.2 Å². The highest BCUT2D eigenvalue weighted by molar-refractivity contribution is 6.34. The maximum Gasteiger partial charge on any atom is 0.266 e. The number of fused-ring (bicyclic) bond motifs is 2. The first-order valence-electron chi connectivity index (χ1n) is 18.1. The standard InChI is InChI=1S/C39H30N2O6.3C2H6/c1-23-6-5-7-26(20-23)41-37(44)32-19-17-30(22-34(32)38(41)45)47-28-14-10-25(11-15-28)39(2,3)24-8-12-27(13-9-24)46-29-16-18-31-33(21-29)36(43)40(4)35(31)42;3*1-2/h5-22H,1-4H3;3*1-2H3. The van der Waals surface area contributed by atoms with E-state index >= 15 is 0 Å². The van der Waals surface area contributed by atoms with Crippen molar-refractivity contribution in [1.82, 2.24) is 4.90 Å². The predicted molar refractivity (Wildman–Crippen MR) is 211 cm³/mol. The number of nitrogens with zero attached hydrogens (tertiary/aromatic N) is 2. The third-order valence-electron chi connectivity index (χ3n) is 8.80. The lowest BCUT2D eigenvalue weighted by Gasteiger charge is -2.26. The Kier molecular flexibility index (Phi) is 12.8. The van der Waals surface area contributed by atoms with Crippen LogP contribution in [0.2, 0.25) is 0 Å². The van der Waals surface area contributed by atoms with E-state index < -0.39 is 0 Å². The average molecular weight is 713 g/mol. The smallest absolute Gasteiger partial charge is 0.266 e. The lowest BCUT2D eigenvalue weighted by molar-refractivity contribution is 0.0692. The second-order valence-electron chi connectivity index (χ2n) is 12.2. The summed E-state index contributed by atoms with van der Waals surface area (Å²) < 4.78 is 12.1. The van der Waals surface area contributed by atoms with E-state index in [2.05, 4.69) is 13.8 Å². The van der Waals surface area contributed by atoms with Crippen LogP contribution in [0.1, 0.15) is 114 Å². The van der Waals surface area contributed by atoms with Gasteiger partial charge in [-0.2, -0.15) is 0 Å². The second kappa shape index (κ2) is 17.0. The van der Waals surface area contributed by atoms with Crippen LogP contribution in [0, 0.1) is 6.92 Å². The third kappa shape index (κ3) is 7.92. The Morgan fingerprint density at radius 1 is 0.472 bits per heavy atom. The van der Waals surface area contributed by atoms with Crippen LogP contribution in [0.25, 0.3) is 0 Å². The molecule has 2 heterocycles. The minimum Gasteiger partial charge on any atom is -0.457 e. The van der Waals surface area contributed by atoms with E-state index in [1.807, 2.05) is 115 Å². The fraction of sp³-hybridized carbons (Fsp3) is 0.244. The first kappa shape index (κ1) is 39.8. The van der Waals surface area contributed by atoms with Crippen molar-refractivity contribution in [2.45, 2.75) is 67.7 Å². The monoisotopic (exact) mass is 712 g/mol. The summed E-state index contributed by atoms with van der Waals surface area (Å²) in [6.45, 7) is 18.2. The van der Waals surface area contributed by atoms with Crippen LogP contribution in [0.15, 0.2) is 109 Å². The first-order chi connectivity index (χ1) is 25.5. The molecule has 53 heavy (non-hydrogen) atoms. The van der Waals surface area contributed by atoms with Gasteiger partial charge in [0.2, 0.25) is 0 Å². The van der Waals surface area contributed by atoms with Gasteiger partial charge in [-0.15, -0.1) is 0 Å². The fourth-order valence-electron chi connectivity index (χ4n) is 6.01. The first-order valence-corrected chi connectivity index (χ1v) is 18.1. The van der Waals surface area contributed by atoms with Gasteiger partial charge in [-0.25, -0.2) is 4.90 Å². The van der Waals surface area contributed by atoms with E-state index in [0.717, 1.165) is 21.6 Å². The summed E-state index contributed by atoms with van der Waals surface area (Å²) in [6.07, 6.45) is 0. The second-order valence-corrected chi connectivity index (χ2v) is 12.2. The molecule has 0 aromatic heterocycles. The number of anilines is 1. The highest BCUT2D eigenvalue weighted by atomic mass is 16.5. The molecule has 0 atom stereocenters. The SMILES string of the molecule is CC.CC.CC.Cc1cccc(N2C(=O)c3ccc(Oc4ccc(C(C)(C)c5ccc(Oc6ccc7c(c6)C(=O)N(C)C7=O)cc5)cc4)cc3C2=O)c1. The molecule has 0 fully saturated rings. The van der Waals surface area contributed by atoms with Gasteiger partial charge in [-0.05, 0) is 96.4 Å². The minimum absolute atomic E-state index is 0.312. The van der Waals surface area contributed by atoms with Crippen molar-refractivity contribution in [1.29, 1.82) is 0 Å². The predicted octanol–water partition coefficient (Wildman–Crippen LogP) is 11.0. The van der Waals surface area contributed by atoms with E-state index in [0.29, 0.717) is 50.9 Å². The highest BCUT2D eigenvalue weighted by Crippen LogP contribution is 2.37. The number of hydrogen-bond donors (Lipinski definition) is 0. The van der Waals surface area contributed by atoms with Crippen molar-refractivity contribution in [3.05, 3.63) is 148 Å². The normalized spacial score (nSPS) is 12.8. The lowest BCUT2D eigenvalue weighted by atomic mass is 9.78. The lowest BCUT2D eigenvalue weighted by Crippen LogP contribution is -2.29. The number of aryl methyl sites for hydroxylation is 1. The third-order valence-corrected chi connectivity index (χ3v) is 8.80. The van der Waals surface area contributed by atoms with E-state index in [1.165, 1.54) is 11.9 Å². The molecule has 4 amide bonds. The van der Waals surface area contributed by atoms with Gasteiger partial charge >= 0.3 is 0 Å². The number of rotatable bonds is 7. The average Bonchev–Trinajstić information content (AvgIpc) is 3.56. The maximum atomic E-state index is 13.2. The van der Waals surface area contributed by atoms with Gasteiger partial charge in [0, 0.05) is 12.5 Å². The van der Waals surface area contributed by atoms with Gasteiger partial charge in [0.25, 0.3) is 23.6 Å². The Morgan fingerprint density at radius 2 is 0.868 bits per heavy atom. The Morgan fingerprint density at radius 3 is 1.34 bits per heavy atom. The molecule has 5 aromatic carbocycles. The highest BCUT2D eigenvalue weighted by Gasteiger charge is 2.37. The van der Waals surface area contributed by atoms with Gasteiger partial charge in [0.15, 0.2) is 0 Å². The zero-order valence-corrected chi connectivity index (χ0v) is 32.2. The Labute approximate surface area is 313 Å². The van der Waals surface area contributed by atoms with E-state index in [9.17, 15) is 19.2 Å². The Balaban J connectivity index is 0.000000996. The van der Waals surface area contributed by atoms with Crippen LogP contribution >= 0.6 is 0 Å². The molecule has 0 unspecified atom stereocenters. The van der Waals surface area contributed by atoms with Gasteiger partial charge in [-0.3, -0.25) is 24.1 Å². The van der Waals surface area contributed by atoms with Gasteiger partial charge < -0.3 is 9.47 Å². The van der Waals surface area contributed by atoms with Crippen LogP contribution in [-0.2, 0) is 5.41 Å². The van der Waals surface area contributed by atoms with Crippen LogP contribution in [-0.4, -0.2) is 35.6 Å². The fourth-order valence-corrected chi connectivity index (χ4v) is 6.01. The number of carbonyl (C=O) groups is 4. The summed E-state index contributed by atoms with van der Waals surface area (Å²) in [5, 5.41) is 0. The molecule has 274 valence electrons.